The minimum absolute atomic E-state index is 0.0560. The number of aromatic nitrogens is 1. The normalized spacial score (nSPS) is 16.1. The number of carbonyl (C=O) groups is 2. The molecular formula is C26H22FN3O3. The van der Waals surface area contributed by atoms with E-state index in [4.69, 9.17) is 4.42 Å². The molecule has 1 unspecified atom stereocenters. The molecule has 1 atom stereocenters. The highest BCUT2D eigenvalue weighted by atomic mass is 19.1. The fourth-order valence-corrected chi connectivity index (χ4v) is 4.34. The number of furan rings is 1. The Kier molecular flexibility index (Phi) is 5.38. The van der Waals surface area contributed by atoms with Crippen LogP contribution in [0.4, 0.5) is 4.39 Å². The van der Waals surface area contributed by atoms with E-state index in [1.54, 1.807) is 31.5 Å². The lowest BCUT2D eigenvalue weighted by Gasteiger charge is -2.34. The SMILES string of the molecule is Cc1c(C(=O)N2CCNC(=O)C2Cc2cccc(-c3cccnc3)c2)oc2c(F)cccc12. The highest BCUT2D eigenvalue weighted by Gasteiger charge is 2.36. The third kappa shape index (κ3) is 3.86. The second kappa shape index (κ2) is 8.50. The van der Waals surface area contributed by atoms with E-state index < -0.39 is 17.8 Å². The quantitative estimate of drug-likeness (QED) is 0.515. The average molecular weight is 443 g/mol. The van der Waals surface area contributed by atoms with Crippen molar-refractivity contribution in [3.63, 3.8) is 0 Å². The van der Waals surface area contributed by atoms with Crippen molar-refractivity contribution in [3.05, 3.63) is 89.7 Å². The number of para-hydroxylation sites is 1. The molecule has 166 valence electrons. The number of rotatable bonds is 4. The molecule has 1 fully saturated rings. The molecular weight excluding hydrogens is 421 g/mol. The van der Waals surface area contributed by atoms with Crippen LogP contribution in [0.1, 0.15) is 21.7 Å². The summed E-state index contributed by atoms with van der Waals surface area (Å²) in [5.41, 5.74) is 3.50. The Hall–Kier alpha value is -4.00. The zero-order valence-corrected chi connectivity index (χ0v) is 18.0. The van der Waals surface area contributed by atoms with Gasteiger partial charge in [-0.05, 0) is 35.7 Å². The van der Waals surface area contributed by atoms with Gasteiger partial charge in [-0.2, -0.15) is 0 Å². The summed E-state index contributed by atoms with van der Waals surface area (Å²) < 4.78 is 19.9. The predicted molar refractivity (Wildman–Crippen MR) is 122 cm³/mol. The first kappa shape index (κ1) is 20.9. The summed E-state index contributed by atoms with van der Waals surface area (Å²) in [6.45, 7) is 2.43. The third-order valence-corrected chi connectivity index (χ3v) is 6.05. The summed E-state index contributed by atoms with van der Waals surface area (Å²) in [6, 6.07) is 15.6. The van der Waals surface area contributed by atoms with Crippen LogP contribution in [0.25, 0.3) is 22.1 Å². The van der Waals surface area contributed by atoms with Gasteiger partial charge in [-0.25, -0.2) is 4.39 Å². The topological polar surface area (TPSA) is 75.4 Å². The molecule has 0 radical (unpaired) electrons. The van der Waals surface area contributed by atoms with E-state index in [9.17, 15) is 14.0 Å². The van der Waals surface area contributed by atoms with Crippen LogP contribution >= 0.6 is 0 Å². The van der Waals surface area contributed by atoms with Crippen LogP contribution < -0.4 is 5.32 Å². The van der Waals surface area contributed by atoms with Crippen molar-refractivity contribution in [3.8, 4) is 11.1 Å². The van der Waals surface area contributed by atoms with Crippen LogP contribution in [0, 0.1) is 12.7 Å². The van der Waals surface area contributed by atoms with Crippen molar-refractivity contribution in [1.82, 2.24) is 15.2 Å². The lowest BCUT2D eigenvalue weighted by atomic mass is 9.98. The molecule has 1 aliphatic rings. The Morgan fingerprint density at radius 3 is 2.79 bits per heavy atom. The summed E-state index contributed by atoms with van der Waals surface area (Å²) in [5, 5.41) is 3.41. The lowest BCUT2D eigenvalue weighted by molar-refractivity contribution is -0.127. The minimum Gasteiger partial charge on any atom is -0.448 e. The van der Waals surface area contributed by atoms with Crippen molar-refractivity contribution in [2.75, 3.05) is 13.1 Å². The van der Waals surface area contributed by atoms with E-state index in [1.165, 1.54) is 11.0 Å². The number of pyridine rings is 1. The second-order valence-electron chi connectivity index (χ2n) is 8.12. The Balaban J connectivity index is 1.46. The van der Waals surface area contributed by atoms with Crippen molar-refractivity contribution >= 4 is 22.8 Å². The molecule has 1 N–H and O–H groups in total. The van der Waals surface area contributed by atoms with Gasteiger partial charge in [0, 0.05) is 42.9 Å². The van der Waals surface area contributed by atoms with Crippen LogP contribution in [-0.2, 0) is 11.2 Å². The zero-order chi connectivity index (χ0) is 22.9. The summed E-state index contributed by atoms with van der Waals surface area (Å²) in [5.74, 6) is -1.08. The smallest absolute Gasteiger partial charge is 0.290 e. The number of benzene rings is 2. The Labute approximate surface area is 190 Å². The van der Waals surface area contributed by atoms with E-state index in [-0.39, 0.29) is 17.3 Å². The molecule has 7 heteroatoms. The van der Waals surface area contributed by atoms with E-state index in [2.05, 4.69) is 10.3 Å². The van der Waals surface area contributed by atoms with Gasteiger partial charge in [0.1, 0.15) is 6.04 Å². The molecule has 5 rings (SSSR count). The first-order valence-electron chi connectivity index (χ1n) is 10.8. The van der Waals surface area contributed by atoms with Gasteiger partial charge in [-0.15, -0.1) is 0 Å². The zero-order valence-electron chi connectivity index (χ0n) is 18.0. The third-order valence-electron chi connectivity index (χ3n) is 6.05. The molecule has 1 aliphatic heterocycles. The lowest BCUT2D eigenvalue weighted by Crippen LogP contribution is -2.58. The molecule has 2 aromatic carbocycles. The summed E-state index contributed by atoms with van der Waals surface area (Å²) >= 11 is 0. The molecule has 0 saturated carbocycles. The van der Waals surface area contributed by atoms with Gasteiger partial charge in [-0.3, -0.25) is 14.6 Å². The number of nitrogens with one attached hydrogen (secondary N) is 1. The molecule has 0 spiro atoms. The van der Waals surface area contributed by atoms with E-state index in [0.29, 0.717) is 30.5 Å². The molecule has 0 aliphatic carbocycles. The van der Waals surface area contributed by atoms with E-state index in [0.717, 1.165) is 16.7 Å². The highest BCUT2D eigenvalue weighted by Crippen LogP contribution is 2.29. The fraction of sp³-hybridized carbons (Fsp3) is 0.192. The van der Waals surface area contributed by atoms with Crippen LogP contribution in [0.5, 0.6) is 0 Å². The van der Waals surface area contributed by atoms with Gasteiger partial charge in [-0.1, -0.05) is 42.5 Å². The van der Waals surface area contributed by atoms with Crippen LogP contribution in [0.3, 0.4) is 0 Å². The molecule has 4 aromatic rings. The van der Waals surface area contributed by atoms with Crippen LogP contribution in [-0.4, -0.2) is 40.8 Å². The number of halogens is 1. The fourth-order valence-electron chi connectivity index (χ4n) is 4.34. The molecule has 0 bridgehead atoms. The Morgan fingerprint density at radius 1 is 1.18 bits per heavy atom. The molecule has 6 nitrogen and oxygen atoms in total. The summed E-state index contributed by atoms with van der Waals surface area (Å²) in [7, 11) is 0. The van der Waals surface area contributed by atoms with Gasteiger partial charge >= 0.3 is 0 Å². The highest BCUT2D eigenvalue weighted by molar-refractivity contribution is 6.01. The number of fused-ring (bicyclic) bond motifs is 1. The van der Waals surface area contributed by atoms with Crippen molar-refractivity contribution in [2.45, 2.75) is 19.4 Å². The minimum atomic E-state index is -0.701. The van der Waals surface area contributed by atoms with Crippen molar-refractivity contribution in [2.24, 2.45) is 0 Å². The number of carbonyl (C=O) groups excluding carboxylic acids is 2. The Morgan fingerprint density at radius 2 is 2.00 bits per heavy atom. The van der Waals surface area contributed by atoms with Gasteiger partial charge in [0.05, 0.1) is 0 Å². The van der Waals surface area contributed by atoms with Gasteiger partial charge < -0.3 is 14.6 Å². The van der Waals surface area contributed by atoms with Gasteiger partial charge in [0.2, 0.25) is 5.91 Å². The molecule has 2 amide bonds. The number of nitrogens with zero attached hydrogens (tertiary/aromatic N) is 2. The first-order chi connectivity index (χ1) is 16.0. The van der Waals surface area contributed by atoms with E-state index >= 15 is 0 Å². The van der Waals surface area contributed by atoms with Gasteiger partial charge in [0.25, 0.3) is 5.91 Å². The summed E-state index contributed by atoms with van der Waals surface area (Å²) in [4.78, 5) is 32.0. The van der Waals surface area contributed by atoms with Crippen molar-refractivity contribution in [1.29, 1.82) is 0 Å². The number of hydrogen-bond acceptors (Lipinski definition) is 4. The number of amides is 2. The maximum Gasteiger partial charge on any atom is 0.290 e. The maximum atomic E-state index is 14.2. The predicted octanol–water partition coefficient (Wildman–Crippen LogP) is 4.13. The van der Waals surface area contributed by atoms with E-state index in [1.807, 2.05) is 36.4 Å². The van der Waals surface area contributed by atoms with Gasteiger partial charge in [0.15, 0.2) is 17.2 Å². The molecule has 3 heterocycles. The summed E-state index contributed by atoms with van der Waals surface area (Å²) in [6.07, 6.45) is 3.85. The maximum absolute atomic E-state index is 14.2. The number of aryl methyl sites for hydroxylation is 1. The monoisotopic (exact) mass is 443 g/mol. The standard InChI is InChI=1S/C26H22FN3O3/c1-16-20-8-3-9-21(27)24(20)33-23(16)26(32)30-12-11-29-25(31)22(30)14-17-5-2-6-18(13-17)19-7-4-10-28-15-19/h2-10,13,15,22H,11-12,14H2,1H3,(H,29,31). The number of piperazine rings is 1. The van der Waals surface area contributed by atoms with Crippen LogP contribution in [0.2, 0.25) is 0 Å². The second-order valence-corrected chi connectivity index (χ2v) is 8.12. The Bertz CT molecular complexity index is 1350. The molecule has 1 saturated heterocycles. The average Bonchev–Trinajstić information content (AvgIpc) is 3.18. The van der Waals surface area contributed by atoms with Crippen LogP contribution in [0.15, 0.2) is 71.4 Å². The first-order valence-corrected chi connectivity index (χ1v) is 10.8. The molecule has 33 heavy (non-hydrogen) atoms. The van der Waals surface area contributed by atoms with Crippen molar-refractivity contribution < 1.29 is 18.4 Å². The largest absolute Gasteiger partial charge is 0.448 e. The number of hydrogen-bond donors (Lipinski definition) is 1. The molecule has 2 aromatic heterocycles.